The maximum atomic E-state index is 10.4. The molecule has 1 heterocycles. The van der Waals surface area contributed by atoms with E-state index in [1.54, 1.807) is 0 Å². The van der Waals surface area contributed by atoms with Gasteiger partial charge in [-0.2, -0.15) is 0 Å². The topological polar surface area (TPSA) is 58.6 Å². The first-order valence-corrected chi connectivity index (χ1v) is 4.72. The molecule has 1 aromatic carbocycles. The predicted octanol–water partition coefficient (Wildman–Crippen LogP) is 2.05. The van der Waals surface area contributed by atoms with Crippen LogP contribution in [0.25, 0.3) is 11.4 Å². The van der Waals surface area contributed by atoms with Gasteiger partial charge in [0.25, 0.3) is 0 Å². The van der Waals surface area contributed by atoms with Crippen LogP contribution in [0.3, 0.4) is 0 Å². The number of benzene rings is 1. The summed E-state index contributed by atoms with van der Waals surface area (Å²) in [5.74, 6) is 0.827. The fourth-order valence-corrected chi connectivity index (χ4v) is 1.49. The van der Waals surface area contributed by atoms with Gasteiger partial charge in [0.15, 0.2) is 17.9 Å². The molecule has 0 amide bonds. The summed E-state index contributed by atoms with van der Waals surface area (Å²) in [6.07, 6.45) is 0.633. The van der Waals surface area contributed by atoms with Gasteiger partial charge in [-0.1, -0.05) is 28.1 Å². The maximum Gasteiger partial charge on any atom is 0.194 e. The Kier molecular flexibility index (Phi) is 2.41. The largest absolute Gasteiger partial charge is 0.319 e. The maximum absolute atomic E-state index is 10.4. The van der Waals surface area contributed by atoms with Crippen LogP contribution in [0.15, 0.2) is 28.7 Å². The summed E-state index contributed by atoms with van der Waals surface area (Å²) in [6, 6.07) is 7.60. The third kappa shape index (κ3) is 1.72. The fraction of sp³-hybridized carbons (Fsp3) is 0. The van der Waals surface area contributed by atoms with Gasteiger partial charge in [-0.15, -0.1) is 10.2 Å². The summed E-state index contributed by atoms with van der Waals surface area (Å²) < 4.78 is 0.957. The highest BCUT2D eigenvalue weighted by Gasteiger charge is 2.03. The van der Waals surface area contributed by atoms with Crippen molar-refractivity contribution in [1.29, 1.82) is 0 Å². The Morgan fingerprint density at radius 1 is 1.36 bits per heavy atom. The number of hydrogen-bond acceptors (Lipinski definition) is 3. The van der Waals surface area contributed by atoms with Crippen LogP contribution in [-0.2, 0) is 0 Å². The number of nitrogens with one attached hydrogen (secondary N) is 1. The molecule has 1 N–H and O–H groups in total. The Labute approximate surface area is 88.5 Å². The van der Waals surface area contributed by atoms with Crippen LogP contribution in [0.1, 0.15) is 10.6 Å². The van der Waals surface area contributed by atoms with Crippen molar-refractivity contribution in [3.05, 3.63) is 34.6 Å². The van der Waals surface area contributed by atoms with Crippen molar-refractivity contribution < 1.29 is 4.79 Å². The number of carbonyl (C=O) groups is 1. The molecule has 0 unspecified atom stereocenters. The van der Waals surface area contributed by atoms with Gasteiger partial charge in [-0.3, -0.25) is 4.79 Å². The quantitative estimate of drug-likeness (QED) is 0.832. The van der Waals surface area contributed by atoms with Crippen LogP contribution >= 0.6 is 15.9 Å². The number of carbonyl (C=O) groups excluding carboxylic acids is 1. The van der Waals surface area contributed by atoms with Gasteiger partial charge in [0, 0.05) is 10.0 Å². The van der Waals surface area contributed by atoms with Gasteiger partial charge in [0.2, 0.25) is 0 Å². The van der Waals surface area contributed by atoms with Crippen molar-refractivity contribution >= 4 is 22.2 Å². The van der Waals surface area contributed by atoms with Crippen molar-refractivity contribution in [1.82, 2.24) is 15.2 Å². The first kappa shape index (κ1) is 9.08. The van der Waals surface area contributed by atoms with E-state index in [0.29, 0.717) is 12.1 Å². The first-order valence-electron chi connectivity index (χ1n) is 3.93. The van der Waals surface area contributed by atoms with E-state index in [1.807, 2.05) is 24.3 Å². The molecule has 0 spiro atoms. The Morgan fingerprint density at radius 3 is 2.86 bits per heavy atom. The Morgan fingerprint density at radius 2 is 2.21 bits per heavy atom. The lowest BCUT2D eigenvalue weighted by Gasteiger charge is -1.95. The summed E-state index contributed by atoms with van der Waals surface area (Å²) in [7, 11) is 0. The first-order chi connectivity index (χ1) is 6.79. The second-order valence-corrected chi connectivity index (χ2v) is 3.60. The third-order valence-electron chi connectivity index (χ3n) is 1.71. The lowest BCUT2D eigenvalue weighted by molar-refractivity contribution is 0.111. The van der Waals surface area contributed by atoms with Crippen molar-refractivity contribution in [2.24, 2.45) is 0 Å². The van der Waals surface area contributed by atoms with Gasteiger partial charge in [0.1, 0.15) is 0 Å². The minimum atomic E-state index is 0.236. The van der Waals surface area contributed by atoms with E-state index in [9.17, 15) is 4.79 Å². The molecule has 0 aliphatic carbocycles. The molecule has 0 radical (unpaired) electrons. The highest BCUT2D eigenvalue weighted by atomic mass is 79.9. The number of halogens is 1. The van der Waals surface area contributed by atoms with Crippen molar-refractivity contribution in [3.8, 4) is 11.4 Å². The van der Waals surface area contributed by atoms with Gasteiger partial charge in [-0.05, 0) is 12.1 Å². The molecule has 2 rings (SSSR count). The van der Waals surface area contributed by atoms with E-state index in [2.05, 4.69) is 31.1 Å². The highest BCUT2D eigenvalue weighted by molar-refractivity contribution is 9.10. The molecule has 14 heavy (non-hydrogen) atoms. The fourth-order valence-electron chi connectivity index (χ4n) is 1.09. The van der Waals surface area contributed by atoms with Gasteiger partial charge >= 0.3 is 0 Å². The number of aromatic amines is 1. The van der Waals surface area contributed by atoms with Crippen LogP contribution in [-0.4, -0.2) is 21.5 Å². The Hall–Kier alpha value is -1.49. The van der Waals surface area contributed by atoms with Crippen molar-refractivity contribution in [2.45, 2.75) is 0 Å². The van der Waals surface area contributed by atoms with Crippen molar-refractivity contribution in [3.63, 3.8) is 0 Å². The highest BCUT2D eigenvalue weighted by Crippen LogP contribution is 2.19. The predicted molar refractivity (Wildman–Crippen MR) is 54.9 cm³/mol. The molecule has 0 aliphatic rings. The van der Waals surface area contributed by atoms with E-state index < -0.39 is 0 Å². The molecule has 0 aliphatic heterocycles. The zero-order valence-electron chi connectivity index (χ0n) is 7.07. The molecule has 70 valence electrons. The van der Waals surface area contributed by atoms with E-state index in [1.165, 1.54) is 0 Å². The molecule has 0 saturated heterocycles. The Bertz CT molecular complexity index is 467. The molecule has 2 aromatic rings. The summed E-state index contributed by atoms with van der Waals surface area (Å²) in [5, 5.41) is 7.49. The zero-order valence-corrected chi connectivity index (χ0v) is 8.65. The number of hydrogen-bond donors (Lipinski definition) is 1. The minimum absolute atomic E-state index is 0.236. The van der Waals surface area contributed by atoms with Gasteiger partial charge in [0.05, 0.1) is 0 Å². The zero-order chi connectivity index (χ0) is 9.97. The summed E-state index contributed by atoms with van der Waals surface area (Å²) >= 11 is 3.35. The Balaban J connectivity index is 2.43. The SMILES string of the molecule is O=Cc1nnc(-c2cccc(Br)c2)[nH]1. The normalized spacial score (nSPS) is 10.1. The average Bonchev–Trinajstić information content (AvgIpc) is 2.66. The second kappa shape index (κ2) is 3.71. The minimum Gasteiger partial charge on any atom is -0.319 e. The van der Waals surface area contributed by atoms with Crippen molar-refractivity contribution in [2.75, 3.05) is 0 Å². The number of aromatic nitrogens is 3. The number of nitrogens with zero attached hydrogens (tertiary/aromatic N) is 2. The van der Waals surface area contributed by atoms with E-state index >= 15 is 0 Å². The molecular formula is C9H6BrN3O. The lowest BCUT2D eigenvalue weighted by Crippen LogP contribution is -1.82. The summed E-state index contributed by atoms with van der Waals surface area (Å²) in [4.78, 5) is 13.2. The number of rotatable bonds is 2. The van der Waals surface area contributed by atoms with E-state index in [4.69, 9.17) is 0 Å². The smallest absolute Gasteiger partial charge is 0.194 e. The molecule has 0 bridgehead atoms. The lowest BCUT2D eigenvalue weighted by atomic mass is 10.2. The summed E-state index contributed by atoms with van der Waals surface area (Å²) in [6.45, 7) is 0. The number of H-pyrrole nitrogens is 1. The van der Waals surface area contributed by atoms with Crippen LogP contribution < -0.4 is 0 Å². The van der Waals surface area contributed by atoms with Crippen LogP contribution in [0, 0.1) is 0 Å². The van der Waals surface area contributed by atoms with Gasteiger partial charge in [-0.25, -0.2) is 0 Å². The van der Waals surface area contributed by atoms with Crippen LogP contribution in [0.2, 0.25) is 0 Å². The molecule has 4 nitrogen and oxygen atoms in total. The monoisotopic (exact) mass is 251 g/mol. The molecule has 0 atom stereocenters. The van der Waals surface area contributed by atoms with Crippen LogP contribution in [0.4, 0.5) is 0 Å². The average molecular weight is 252 g/mol. The third-order valence-corrected chi connectivity index (χ3v) is 2.21. The van der Waals surface area contributed by atoms with Gasteiger partial charge < -0.3 is 4.98 Å². The standard InChI is InChI=1S/C9H6BrN3O/c10-7-3-1-2-6(4-7)9-11-8(5-14)12-13-9/h1-5H,(H,11,12,13). The molecular weight excluding hydrogens is 246 g/mol. The molecule has 5 heteroatoms. The second-order valence-electron chi connectivity index (χ2n) is 2.69. The summed E-state index contributed by atoms with van der Waals surface area (Å²) in [5.41, 5.74) is 0.889. The van der Waals surface area contributed by atoms with E-state index in [-0.39, 0.29) is 5.82 Å². The van der Waals surface area contributed by atoms with E-state index in [0.717, 1.165) is 10.0 Å². The molecule has 0 fully saturated rings. The molecule has 0 saturated carbocycles. The van der Waals surface area contributed by atoms with Crippen LogP contribution in [0.5, 0.6) is 0 Å². The molecule has 1 aromatic heterocycles. The number of aldehydes is 1.